The van der Waals surface area contributed by atoms with Crippen molar-refractivity contribution in [2.75, 3.05) is 13.3 Å². The van der Waals surface area contributed by atoms with E-state index in [2.05, 4.69) is 22.5 Å². The number of carbonyl (C=O) groups excluding carboxylic acids is 1. The van der Waals surface area contributed by atoms with E-state index >= 15 is 0 Å². The molecule has 0 aliphatic carbocycles. The lowest BCUT2D eigenvalue weighted by Crippen LogP contribution is -2.26. The molecule has 1 atom stereocenters. The molecule has 0 radical (unpaired) electrons. The van der Waals surface area contributed by atoms with Gasteiger partial charge in [-0.15, -0.1) is 0 Å². The summed E-state index contributed by atoms with van der Waals surface area (Å²) in [5.41, 5.74) is 3.51. The van der Waals surface area contributed by atoms with Crippen LogP contribution in [0.4, 0.5) is 0 Å². The highest BCUT2D eigenvalue weighted by molar-refractivity contribution is 5.92. The molecule has 2 aliphatic rings. The zero-order valence-corrected chi connectivity index (χ0v) is 15.8. The van der Waals surface area contributed by atoms with E-state index < -0.39 is 0 Å². The maximum atomic E-state index is 12.5. The number of ether oxygens (including phenoxy) is 3. The Labute approximate surface area is 168 Å². The number of nitrogens with zero attached hydrogens (tertiary/aromatic N) is 2. The van der Waals surface area contributed by atoms with Gasteiger partial charge >= 0.3 is 0 Å². The Balaban J connectivity index is 1.23. The third kappa shape index (κ3) is 3.69. The molecule has 3 heterocycles. The molecule has 0 unspecified atom stereocenters. The number of amides is 1. The van der Waals surface area contributed by atoms with Crippen LogP contribution >= 0.6 is 0 Å². The molecule has 0 spiro atoms. The van der Waals surface area contributed by atoms with Crippen LogP contribution in [0.1, 0.15) is 33.4 Å². The van der Waals surface area contributed by atoms with Crippen LogP contribution in [0.15, 0.2) is 54.6 Å². The normalized spacial score (nSPS) is 17.0. The topological polar surface area (TPSA) is 74.6 Å². The maximum absolute atomic E-state index is 12.5. The molecule has 0 fully saturated rings. The molecular weight excluding hydrogens is 370 g/mol. The summed E-state index contributed by atoms with van der Waals surface area (Å²) in [7, 11) is 0. The number of carbonyl (C=O) groups is 1. The van der Waals surface area contributed by atoms with Gasteiger partial charge in [0.2, 0.25) is 6.79 Å². The second-order valence-corrected chi connectivity index (χ2v) is 7.11. The van der Waals surface area contributed by atoms with Crippen LogP contribution in [0.25, 0.3) is 0 Å². The SMILES string of the molecule is O=C(NCCc1ccccc1)c1cc2n(n1)C[C@H](c1ccc3c(c1)OCO3)OC2. The van der Waals surface area contributed by atoms with Crippen LogP contribution in [0.2, 0.25) is 0 Å². The quantitative estimate of drug-likeness (QED) is 0.724. The van der Waals surface area contributed by atoms with Crippen LogP contribution in [0.5, 0.6) is 11.5 Å². The smallest absolute Gasteiger partial charge is 0.271 e. The lowest BCUT2D eigenvalue weighted by Gasteiger charge is -2.24. The lowest BCUT2D eigenvalue weighted by atomic mass is 10.1. The largest absolute Gasteiger partial charge is 0.454 e. The van der Waals surface area contributed by atoms with E-state index in [0.717, 1.165) is 29.2 Å². The van der Waals surface area contributed by atoms with E-state index in [1.165, 1.54) is 5.56 Å². The van der Waals surface area contributed by atoms with Gasteiger partial charge < -0.3 is 19.5 Å². The first-order valence-electron chi connectivity index (χ1n) is 9.66. The Morgan fingerprint density at radius 1 is 1.10 bits per heavy atom. The number of rotatable bonds is 5. The molecule has 0 bridgehead atoms. The Kier molecular flexibility index (Phi) is 4.65. The van der Waals surface area contributed by atoms with Gasteiger partial charge in [0.1, 0.15) is 6.10 Å². The highest BCUT2D eigenvalue weighted by Crippen LogP contribution is 2.36. The Bertz CT molecular complexity index is 1030. The minimum absolute atomic E-state index is 0.147. The monoisotopic (exact) mass is 391 g/mol. The maximum Gasteiger partial charge on any atom is 0.271 e. The molecule has 148 valence electrons. The van der Waals surface area contributed by atoms with Crippen molar-refractivity contribution < 1.29 is 19.0 Å². The number of hydrogen-bond acceptors (Lipinski definition) is 5. The highest BCUT2D eigenvalue weighted by Gasteiger charge is 2.25. The summed E-state index contributed by atoms with van der Waals surface area (Å²) in [5.74, 6) is 1.32. The molecule has 5 rings (SSSR count). The van der Waals surface area contributed by atoms with Crippen LogP contribution in [-0.4, -0.2) is 29.0 Å². The predicted octanol–water partition coefficient (Wildman–Crippen LogP) is 2.86. The minimum atomic E-state index is -0.164. The summed E-state index contributed by atoms with van der Waals surface area (Å²) < 4.78 is 18.7. The van der Waals surface area contributed by atoms with Crippen molar-refractivity contribution in [1.29, 1.82) is 0 Å². The van der Waals surface area contributed by atoms with Gasteiger partial charge in [-0.1, -0.05) is 36.4 Å². The average Bonchev–Trinajstić information content (AvgIpc) is 3.40. The molecule has 2 aliphatic heterocycles. The Morgan fingerprint density at radius 3 is 2.86 bits per heavy atom. The molecule has 7 heteroatoms. The fraction of sp³-hybridized carbons (Fsp3) is 0.273. The summed E-state index contributed by atoms with van der Waals surface area (Å²) in [6, 6.07) is 17.7. The van der Waals surface area contributed by atoms with Crippen LogP contribution in [0, 0.1) is 0 Å². The van der Waals surface area contributed by atoms with E-state index in [0.29, 0.717) is 25.4 Å². The van der Waals surface area contributed by atoms with Gasteiger partial charge in [-0.3, -0.25) is 9.48 Å². The van der Waals surface area contributed by atoms with Crippen LogP contribution in [-0.2, 0) is 24.3 Å². The number of nitrogens with one attached hydrogen (secondary N) is 1. The van der Waals surface area contributed by atoms with Crippen molar-refractivity contribution in [3.8, 4) is 11.5 Å². The fourth-order valence-corrected chi connectivity index (χ4v) is 3.61. The molecule has 0 saturated carbocycles. The third-order valence-electron chi connectivity index (χ3n) is 5.18. The fourth-order valence-electron chi connectivity index (χ4n) is 3.61. The summed E-state index contributed by atoms with van der Waals surface area (Å²) in [6.45, 7) is 1.77. The molecule has 1 aromatic heterocycles. The third-order valence-corrected chi connectivity index (χ3v) is 5.18. The molecule has 1 N–H and O–H groups in total. The van der Waals surface area contributed by atoms with Crippen molar-refractivity contribution in [2.45, 2.75) is 25.7 Å². The Morgan fingerprint density at radius 2 is 1.97 bits per heavy atom. The van der Waals surface area contributed by atoms with Gasteiger partial charge in [-0.25, -0.2) is 0 Å². The number of benzene rings is 2. The highest BCUT2D eigenvalue weighted by atomic mass is 16.7. The van der Waals surface area contributed by atoms with Gasteiger partial charge in [0, 0.05) is 6.54 Å². The zero-order chi connectivity index (χ0) is 19.6. The van der Waals surface area contributed by atoms with Gasteiger partial charge in [-0.2, -0.15) is 5.10 Å². The van der Waals surface area contributed by atoms with Gasteiger partial charge in [0.25, 0.3) is 5.91 Å². The first-order valence-corrected chi connectivity index (χ1v) is 9.66. The average molecular weight is 391 g/mol. The van der Waals surface area contributed by atoms with Crippen molar-refractivity contribution in [3.05, 3.63) is 77.1 Å². The summed E-state index contributed by atoms with van der Waals surface area (Å²) in [5, 5.41) is 7.43. The standard InChI is InChI=1S/C22H21N3O4/c26-22(23-9-8-15-4-2-1-3-5-15)18-11-17-13-27-21(12-25(17)24-18)16-6-7-19-20(10-16)29-14-28-19/h1-7,10-11,21H,8-9,12-14H2,(H,23,26)/t21-/m1/s1. The predicted molar refractivity (Wildman–Crippen MR) is 105 cm³/mol. The molecule has 3 aromatic rings. The van der Waals surface area contributed by atoms with Gasteiger partial charge in [0.05, 0.1) is 18.8 Å². The van der Waals surface area contributed by atoms with Crippen LogP contribution in [0.3, 0.4) is 0 Å². The summed E-state index contributed by atoms with van der Waals surface area (Å²) in [4.78, 5) is 12.5. The van der Waals surface area contributed by atoms with Crippen molar-refractivity contribution in [3.63, 3.8) is 0 Å². The van der Waals surface area contributed by atoms with Crippen molar-refractivity contribution >= 4 is 5.91 Å². The van der Waals surface area contributed by atoms with E-state index in [-0.39, 0.29) is 18.8 Å². The molecule has 0 saturated heterocycles. The first kappa shape index (κ1) is 17.8. The second-order valence-electron chi connectivity index (χ2n) is 7.11. The van der Waals surface area contributed by atoms with Crippen LogP contribution < -0.4 is 14.8 Å². The summed E-state index contributed by atoms with van der Waals surface area (Å²) in [6.07, 6.45) is 0.640. The van der Waals surface area contributed by atoms with E-state index in [1.54, 1.807) is 6.07 Å². The van der Waals surface area contributed by atoms with Crippen molar-refractivity contribution in [2.24, 2.45) is 0 Å². The molecular formula is C22H21N3O4. The molecule has 29 heavy (non-hydrogen) atoms. The van der Waals surface area contributed by atoms with E-state index in [1.807, 2.05) is 41.1 Å². The molecule has 2 aromatic carbocycles. The number of hydrogen-bond donors (Lipinski definition) is 1. The zero-order valence-electron chi connectivity index (χ0n) is 15.8. The van der Waals surface area contributed by atoms with Crippen molar-refractivity contribution in [1.82, 2.24) is 15.1 Å². The van der Waals surface area contributed by atoms with Gasteiger partial charge in [-0.05, 0) is 35.7 Å². The first-order chi connectivity index (χ1) is 14.3. The van der Waals surface area contributed by atoms with E-state index in [9.17, 15) is 4.79 Å². The summed E-state index contributed by atoms with van der Waals surface area (Å²) >= 11 is 0. The lowest BCUT2D eigenvalue weighted by molar-refractivity contribution is -0.00128. The number of aromatic nitrogens is 2. The second kappa shape index (κ2) is 7.60. The number of fused-ring (bicyclic) bond motifs is 2. The molecule has 7 nitrogen and oxygen atoms in total. The Hall–Kier alpha value is -3.32. The van der Waals surface area contributed by atoms with Gasteiger partial charge in [0.15, 0.2) is 17.2 Å². The minimum Gasteiger partial charge on any atom is -0.454 e. The molecule has 1 amide bonds. The van der Waals surface area contributed by atoms with E-state index in [4.69, 9.17) is 14.2 Å².